The molecule has 0 fully saturated rings. The van der Waals surface area contributed by atoms with E-state index in [2.05, 4.69) is 15.0 Å². The second kappa shape index (κ2) is 3.47. The van der Waals surface area contributed by atoms with Crippen LogP contribution in [0.15, 0.2) is 17.4 Å². The zero-order chi connectivity index (χ0) is 9.90. The summed E-state index contributed by atoms with van der Waals surface area (Å²) in [4.78, 5) is 14.7. The number of hydrogen-bond donors (Lipinski definition) is 0. The van der Waals surface area contributed by atoms with Crippen molar-refractivity contribution in [2.45, 2.75) is 26.4 Å². The first kappa shape index (κ1) is 9.57. The SMILES string of the molecule is CC(C)(C)OC(=O)OC1=NC=C[N]1. The largest absolute Gasteiger partial charge is 0.516 e. The highest BCUT2D eigenvalue weighted by atomic mass is 16.7. The Morgan fingerprint density at radius 1 is 1.38 bits per heavy atom. The molecule has 1 aliphatic rings. The third kappa shape index (κ3) is 3.59. The van der Waals surface area contributed by atoms with Crippen LogP contribution in [0.25, 0.3) is 0 Å². The third-order valence-corrected chi connectivity index (χ3v) is 1.00. The van der Waals surface area contributed by atoms with Crippen molar-refractivity contribution >= 4 is 12.2 Å². The van der Waals surface area contributed by atoms with Crippen LogP contribution in [-0.4, -0.2) is 17.8 Å². The van der Waals surface area contributed by atoms with Gasteiger partial charge < -0.3 is 9.47 Å². The Morgan fingerprint density at radius 2 is 2.08 bits per heavy atom. The van der Waals surface area contributed by atoms with E-state index in [4.69, 9.17) is 4.74 Å². The molecule has 1 rings (SSSR count). The zero-order valence-corrected chi connectivity index (χ0v) is 7.77. The van der Waals surface area contributed by atoms with Crippen molar-refractivity contribution in [3.8, 4) is 0 Å². The Bertz CT molecular complexity index is 263. The lowest BCUT2D eigenvalue weighted by molar-refractivity contribution is 0.0173. The normalized spacial score (nSPS) is 14.8. The molecule has 0 aromatic rings. The predicted molar refractivity (Wildman–Crippen MR) is 46.0 cm³/mol. The minimum atomic E-state index is -0.793. The first-order valence-electron chi connectivity index (χ1n) is 3.82. The van der Waals surface area contributed by atoms with Gasteiger partial charge in [-0.15, -0.1) is 0 Å². The number of rotatable bonds is 0. The van der Waals surface area contributed by atoms with E-state index in [1.165, 1.54) is 12.4 Å². The lowest BCUT2D eigenvalue weighted by Crippen LogP contribution is -2.27. The van der Waals surface area contributed by atoms with Gasteiger partial charge in [0, 0.05) is 0 Å². The van der Waals surface area contributed by atoms with Crippen LogP contribution in [0.5, 0.6) is 0 Å². The fourth-order valence-electron chi connectivity index (χ4n) is 0.626. The molecular weight excluding hydrogens is 172 g/mol. The Balaban J connectivity index is 2.34. The smallest absolute Gasteiger partial charge is 0.428 e. The average molecular weight is 183 g/mol. The molecule has 0 unspecified atom stereocenters. The van der Waals surface area contributed by atoms with Gasteiger partial charge in [-0.2, -0.15) is 0 Å². The summed E-state index contributed by atoms with van der Waals surface area (Å²) in [7, 11) is 0. The van der Waals surface area contributed by atoms with E-state index >= 15 is 0 Å². The molecule has 0 bridgehead atoms. The summed E-state index contributed by atoms with van der Waals surface area (Å²) in [5.41, 5.74) is -0.566. The molecule has 0 spiro atoms. The average Bonchev–Trinajstić information content (AvgIpc) is 2.34. The van der Waals surface area contributed by atoms with Crippen molar-refractivity contribution in [1.29, 1.82) is 0 Å². The maximum Gasteiger partial charge on any atom is 0.516 e. The molecule has 13 heavy (non-hydrogen) atoms. The Morgan fingerprint density at radius 3 is 2.54 bits per heavy atom. The van der Waals surface area contributed by atoms with Gasteiger partial charge in [0.15, 0.2) is 0 Å². The Hall–Kier alpha value is -1.52. The molecule has 1 heterocycles. The molecule has 0 aliphatic carbocycles. The van der Waals surface area contributed by atoms with Gasteiger partial charge in [-0.05, 0) is 20.8 Å². The van der Waals surface area contributed by atoms with Crippen LogP contribution in [0.1, 0.15) is 20.8 Å². The van der Waals surface area contributed by atoms with Crippen LogP contribution in [0.3, 0.4) is 0 Å². The van der Waals surface area contributed by atoms with Gasteiger partial charge in [-0.25, -0.2) is 15.1 Å². The number of nitrogens with zero attached hydrogens (tertiary/aromatic N) is 2. The van der Waals surface area contributed by atoms with E-state index in [0.29, 0.717) is 0 Å². The minimum Gasteiger partial charge on any atom is -0.428 e. The van der Waals surface area contributed by atoms with Gasteiger partial charge in [-0.1, -0.05) is 0 Å². The molecular formula is C8H11N2O3. The number of aliphatic imine (C=N–C) groups is 1. The molecule has 1 radical (unpaired) electrons. The van der Waals surface area contributed by atoms with Gasteiger partial charge in [0.05, 0.1) is 12.4 Å². The standard InChI is InChI=1S/C8H11N2O3/c1-8(2,3)13-7(11)12-6-9-4-5-10-6/h4-5H,1-3H3. The number of amidine groups is 1. The van der Waals surface area contributed by atoms with Gasteiger partial charge in [0.1, 0.15) is 5.60 Å². The van der Waals surface area contributed by atoms with E-state index in [1.807, 2.05) is 0 Å². The van der Waals surface area contributed by atoms with E-state index in [1.54, 1.807) is 20.8 Å². The predicted octanol–water partition coefficient (Wildman–Crippen LogP) is 1.38. The van der Waals surface area contributed by atoms with Crippen molar-refractivity contribution in [3.63, 3.8) is 0 Å². The van der Waals surface area contributed by atoms with Gasteiger partial charge in [0.25, 0.3) is 0 Å². The summed E-state index contributed by atoms with van der Waals surface area (Å²) in [6.45, 7) is 5.25. The highest BCUT2D eigenvalue weighted by Gasteiger charge is 2.20. The van der Waals surface area contributed by atoms with Crippen molar-refractivity contribution in [2.75, 3.05) is 0 Å². The van der Waals surface area contributed by atoms with Crippen LogP contribution in [0.2, 0.25) is 0 Å². The molecule has 0 aromatic heterocycles. The first-order chi connectivity index (χ1) is 5.97. The number of ether oxygens (including phenoxy) is 2. The quantitative estimate of drug-likeness (QED) is 0.533. The van der Waals surface area contributed by atoms with Gasteiger partial charge in [-0.3, -0.25) is 0 Å². The highest BCUT2D eigenvalue weighted by Crippen LogP contribution is 2.08. The molecule has 71 valence electrons. The lowest BCUT2D eigenvalue weighted by atomic mass is 10.2. The maximum absolute atomic E-state index is 11.0. The Labute approximate surface area is 76.4 Å². The lowest BCUT2D eigenvalue weighted by Gasteiger charge is -2.18. The molecule has 5 heteroatoms. The summed E-state index contributed by atoms with van der Waals surface area (Å²) in [5.74, 6) is 0. The summed E-state index contributed by atoms with van der Waals surface area (Å²) < 4.78 is 9.52. The number of carbonyl (C=O) groups excluding carboxylic acids is 1. The van der Waals surface area contributed by atoms with E-state index in [9.17, 15) is 4.79 Å². The third-order valence-electron chi connectivity index (χ3n) is 1.00. The van der Waals surface area contributed by atoms with Gasteiger partial charge >= 0.3 is 12.2 Å². The summed E-state index contributed by atoms with van der Waals surface area (Å²) in [6, 6.07) is 0.00856. The van der Waals surface area contributed by atoms with E-state index in [0.717, 1.165) is 0 Å². The molecule has 0 amide bonds. The monoisotopic (exact) mass is 183 g/mol. The van der Waals surface area contributed by atoms with Crippen molar-refractivity contribution in [1.82, 2.24) is 5.32 Å². The molecule has 0 saturated heterocycles. The van der Waals surface area contributed by atoms with Crippen LogP contribution < -0.4 is 5.32 Å². The van der Waals surface area contributed by atoms with Crippen LogP contribution in [0, 0.1) is 0 Å². The topological polar surface area (TPSA) is 62.0 Å². The van der Waals surface area contributed by atoms with Crippen LogP contribution in [-0.2, 0) is 9.47 Å². The van der Waals surface area contributed by atoms with Crippen molar-refractivity contribution in [3.05, 3.63) is 12.4 Å². The molecule has 0 saturated carbocycles. The molecule has 5 nitrogen and oxygen atoms in total. The molecule has 1 aliphatic heterocycles. The molecule has 0 N–H and O–H groups in total. The highest BCUT2D eigenvalue weighted by molar-refractivity contribution is 5.86. The second-order valence-electron chi connectivity index (χ2n) is 3.41. The first-order valence-corrected chi connectivity index (χ1v) is 3.82. The summed E-state index contributed by atoms with van der Waals surface area (Å²) >= 11 is 0. The Kier molecular flexibility index (Phi) is 2.55. The molecule has 0 aromatic carbocycles. The summed E-state index contributed by atoms with van der Waals surface area (Å²) in [6.07, 6.45) is 2.07. The number of carbonyl (C=O) groups is 1. The van der Waals surface area contributed by atoms with Gasteiger partial charge in [0.2, 0.25) is 0 Å². The summed E-state index contributed by atoms with van der Waals surface area (Å²) in [5, 5.41) is 3.65. The minimum absolute atomic E-state index is 0.00856. The zero-order valence-electron chi connectivity index (χ0n) is 7.77. The number of hydrogen-bond acceptors (Lipinski definition) is 4. The van der Waals surface area contributed by atoms with E-state index < -0.39 is 11.8 Å². The van der Waals surface area contributed by atoms with E-state index in [-0.39, 0.29) is 6.02 Å². The van der Waals surface area contributed by atoms with Crippen LogP contribution >= 0.6 is 0 Å². The second-order valence-corrected chi connectivity index (χ2v) is 3.41. The fourth-order valence-corrected chi connectivity index (χ4v) is 0.626. The van der Waals surface area contributed by atoms with Crippen molar-refractivity contribution < 1.29 is 14.3 Å². The van der Waals surface area contributed by atoms with Crippen molar-refractivity contribution in [2.24, 2.45) is 4.99 Å². The molecule has 0 atom stereocenters. The fraction of sp³-hybridized carbons (Fsp3) is 0.500. The van der Waals surface area contributed by atoms with Crippen LogP contribution in [0.4, 0.5) is 4.79 Å². The maximum atomic E-state index is 11.0.